The van der Waals surface area contributed by atoms with Gasteiger partial charge in [-0.05, 0) is 43.7 Å². The first kappa shape index (κ1) is 16.1. The molecule has 2 aromatic rings. The molecule has 1 aliphatic carbocycles. The molecule has 1 N–H and O–H groups in total. The molecular formula is C19H24N6. The maximum absolute atomic E-state index is 8.89. The number of hydrogen-bond acceptors (Lipinski definition) is 5. The first-order valence-corrected chi connectivity index (χ1v) is 9.09. The number of aryl methyl sites for hydroxylation is 1. The number of nitrogens with one attached hydrogen (secondary N) is 1. The lowest BCUT2D eigenvalue weighted by Gasteiger charge is -2.35. The molecule has 1 atom stereocenters. The van der Waals surface area contributed by atoms with E-state index in [0.717, 1.165) is 37.7 Å². The number of pyridine rings is 1. The lowest BCUT2D eigenvalue weighted by atomic mass is 10.0. The average molecular weight is 336 g/mol. The second-order valence-electron chi connectivity index (χ2n) is 7.16. The predicted octanol–water partition coefficient (Wildman–Crippen LogP) is 2.40. The lowest BCUT2D eigenvalue weighted by molar-refractivity contribution is 0.336. The van der Waals surface area contributed by atoms with Crippen LogP contribution in [0, 0.1) is 17.2 Å². The standard InChI is InChI=1S/C19H24N6/c1-24-11-8-21-19(24)18(15-3-4-15)23-16-6-9-25(10-7-16)17-5-2-14(12-20)13-22-17/h2,5,8,11,13,15-16,18,23H,3-4,6-7,9-10H2,1H3. The summed E-state index contributed by atoms with van der Waals surface area (Å²) < 4.78 is 2.14. The van der Waals surface area contributed by atoms with E-state index < -0.39 is 0 Å². The monoisotopic (exact) mass is 336 g/mol. The summed E-state index contributed by atoms with van der Waals surface area (Å²) in [5.41, 5.74) is 0.614. The Morgan fingerprint density at radius 3 is 2.56 bits per heavy atom. The zero-order valence-electron chi connectivity index (χ0n) is 14.6. The normalized spacial score (nSPS) is 19.6. The van der Waals surface area contributed by atoms with Crippen LogP contribution in [0.5, 0.6) is 0 Å². The van der Waals surface area contributed by atoms with Gasteiger partial charge in [0.1, 0.15) is 17.7 Å². The van der Waals surface area contributed by atoms with Crippen LogP contribution in [0.2, 0.25) is 0 Å². The van der Waals surface area contributed by atoms with Crippen molar-refractivity contribution < 1.29 is 0 Å². The molecule has 6 nitrogen and oxygen atoms in total. The van der Waals surface area contributed by atoms with Gasteiger partial charge >= 0.3 is 0 Å². The molecular weight excluding hydrogens is 312 g/mol. The van der Waals surface area contributed by atoms with E-state index in [1.807, 2.05) is 24.5 Å². The zero-order chi connectivity index (χ0) is 17.2. The fourth-order valence-corrected chi connectivity index (χ4v) is 3.70. The van der Waals surface area contributed by atoms with Crippen LogP contribution in [0.3, 0.4) is 0 Å². The third kappa shape index (κ3) is 3.52. The Morgan fingerprint density at radius 2 is 2.00 bits per heavy atom. The molecule has 1 saturated carbocycles. The second kappa shape index (κ2) is 6.85. The Labute approximate surface area is 148 Å². The third-order valence-electron chi connectivity index (χ3n) is 5.34. The Balaban J connectivity index is 1.36. The van der Waals surface area contributed by atoms with Crippen molar-refractivity contribution in [2.45, 2.75) is 37.8 Å². The highest BCUT2D eigenvalue weighted by molar-refractivity contribution is 5.42. The fraction of sp³-hybridized carbons (Fsp3) is 0.526. The van der Waals surface area contributed by atoms with Crippen molar-refractivity contribution in [3.05, 3.63) is 42.1 Å². The number of nitriles is 1. The molecule has 1 saturated heterocycles. The second-order valence-corrected chi connectivity index (χ2v) is 7.16. The zero-order valence-corrected chi connectivity index (χ0v) is 14.6. The summed E-state index contributed by atoms with van der Waals surface area (Å²) in [6.07, 6.45) is 10.4. The number of anilines is 1. The van der Waals surface area contributed by atoms with Gasteiger partial charge in [0, 0.05) is 44.8 Å². The number of piperidine rings is 1. The molecule has 0 radical (unpaired) electrons. The average Bonchev–Trinajstić information content (AvgIpc) is 3.41. The summed E-state index contributed by atoms with van der Waals surface area (Å²) >= 11 is 0. The van der Waals surface area contributed by atoms with Crippen molar-refractivity contribution >= 4 is 5.82 Å². The van der Waals surface area contributed by atoms with Crippen LogP contribution in [-0.2, 0) is 7.05 Å². The summed E-state index contributed by atoms with van der Waals surface area (Å²) in [4.78, 5) is 11.3. The number of rotatable bonds is 5. The Bertz CT molecular complexity index is 747. The highest BCUT2D eigenvalue weighted by Gasteiger charge is 2.36. The van der Waals surface area contributed by atoms with Crippen LogP contribution in [-0.4, -0.2) is 33.7 Å². The first-order valence-electron chi connectivity index (χ1n) is 9.09. The minimum atomic E-state index is 0.379. The predicted molar refractivity (Wildman–Crippen MR) is 96.0 cm³/mol. The van der Waals surface area contributed by atoms with Gasteiger partial charge in [0.15, 0.2) is 0 Å². The molecule has 0 spiro atoms. The molecule has 25 heavy (non-hydrogen) atoms. The lowest BCUT2D eigenvalue weighted by Crippen LogP contribution is -2.44. The summed E-state index contributed by atoms with van der Waals surface area (Å²) in [6.45, 7) is 1.99. The molecule has 6 heteroatoms. The molecule has 4 rings (SSSR count). The molecule has 1 unspecified atom stereocenters. The summed E-state index contributed by atoms with van der Waals surface area (Å²) in [7, 11) is 2.08. The molecule has 0 amide bonds. The minimum Gasteiger partial charge on any atom is -0.357 e. The van der Waals surface area contributed by atoms with Crippen molar-refractivity contribution in [3.63, 3.8) is 0 Å². The molecule has 2 aliphatic rings. The third-order valence-corrected chi connectivity index (χ3v) is 5.34. The van der Waals surface area contributed by atoms with E-state index in [2.05, 4.69) is 37.9 Å². The number of imidazole rings is 1. The van der Waals surface area contributed by atoms with E-state index in [0.29, 0.717) is 17.6 Å². The number of hydrogen-bond donors (Lipinski definition) is 1. The van der Waals surface area contributed by atoms with Crippen LogP contribution in [0.4, 0.5) is 5.82 Å². The van der Waals surface area contributed by atoms with Gasteiger partial charge in [0.05, 0.1) is 11.6 Å². The maximum Gasteiger partial charge on any atom is 0.128 e. The van der Waals surface area contributed by atoms with Gasteiger partial charge in [-0.25, -0.2) is 9.97 Å². The van der Waals surface area contributed by atoms with Gasteiger partial charge in [0.2, 0.25) is 0 Å². The summed E-state index contributed by atoms with van der Waals surface area (Å²) in [5.74, 6) is 2.87. The van der Waals surface area contributed by atoms with Crippen LogP contribution in [0.1, 0.15) is 43.1 Å². The molecule has 1 aliphatic heterocycles. The number of aromatic nitrogens is 3. The SMILES string of the molecule is Cn1ccnc1C(NC1CCN(c2ccc(C#N)cn2)CC1)C1CC1. The van der Waals surface area contributed by atoms with Crippen molar-refractivity contribution in [1.82, 2.24) is 19.9 Å². The summed E-state index contributed by atoms with van der Waals surface area (Å²) in [5, 5.41) is 12.8. The van der Waals surface area contributed by atoms with Crippen LogP contribution in [0.25, 0.3) is 0 Å². The van der Waals surface area contributed by atoms with Crippen LogP contribution < -0.4 is 10.2 Å². The molecule has 2 fully saturated rings. The summed E-state index contributed by atoms with van der Waals surface area (Å²) in [6, 6.07) is 6.82. The Hall–Kier alpha value is -2.39. The molecule has 0 bridgehead atoms. The Kier molecular flexibility index (Phi) is 4.41. The van der Waals surface area contributed by atoms with E-state index in [-0.39, 0.29) is 0 Å². The minimum absolute atomic E-state index is 0.379. The maximum atomic E-state index is 8.89. The van der Waals surface area contributed by atoms with Crippen molar-refractivity contribution in [2.24, 2.45) is 13.0 Å². The van der Waals surface area contributed by atoms with Crippen LogP contribution >= 0.6 is 0 Å². The molecule has 0 aromatic carbocycles. The van der Waals surface area contributed by atoms with E-state index >= 15 is 0 Å². The highest BCUT2D eigenvalue weighted by Crippen LogP contribution is 2.41. The molecule has 3 heterocycles. The van der Waals surface area contributed by atoms with Crippen molar-refractivity contribution in [3.8, 4) is 6.07 Å². The quantitative estimate of drug-likeness (QED) is 0.908. The fourth-order valence-electron chi connectivity index (χ4n) is 3.70. The van der Waals surface area contributed by atoms with E-state index in [9.17, 15) is 0 Å². The topological polar surface area (TPSA) is 69.8 Å². The van der Waals surface area contributed by atoms with Gasteiger partial charge in [-0.2, -0.15) is 5.26 Å². The van der Waals surface area contributed by atoms with Crippen LogP contribution in [0.15, 0.2) is 30.7 Å². The van der Waals surface area contributed by atoms with Gasteiger partial charge in [-0.3, -0.25) is 0 Å². The number of nitrogens with zero attached hydrogens (tertiary/aromatic N) is 5. The van der Waals surface area contributed by atoms with Gasteiger partial charge in [0.25, 0.3) is 0 Å². The molecule has 130 valence electrons. The van der Waals surface area contributed by atoms with Gasteiger partial charge < -0.3 is 14.8 Å². The van der Waals surface area contributed by atoms with E-state index in [1.54, 1.807) is 6.20 Å². The van der Waals surface area contributed by atoms with Gasteiger partial charge in [-0.15, -0.1) is 0 Å². The smallest absolute Gasteiger partial charge is 0.128 e. The van der Waals surface area contributed by atoms with E-state index in [4.69, 9.17) is 5.26 Å². The Morgan fingerprint density at radius 1 is 1.20 bits per heavy atom. The largest absolute Gasteiger partial charge is 0.357 e. The van der Waals surface area contributed by atoms with Crippen molar-refractivity contribution in [1.29, 1.82) is 5.26 Å². The molecule has 2 aromatic heterocycles. The van der Waals surface area contributed by atoms with Gasteiger partial charge in [-0.1, -0.05) is 0 Å². The highest BCUT2D eigenvalue weighted by atomic mass is 15.2. The first-order chi connectivity index (χ1) is 12.2. The van der Waals surface area contributed by atoms with E-state index in [1.165, 1.54) is 18.7 Å². The van der Waals surface area contributed by atoms with Crippen molar-refractivity contribution in [2.75, 3.05) is 18.0 Å².